The Bertz CT molecular complexity index is 1040. The number of carbonyl (C=O) groups excluding carboxylic acids is 1. The Morgan fingerprint density at radius 3 is 2.55 bits per heavy atom. The summed E-state index contributed by atoms with van der Waals surface area (Å²) in [4.78, 5) is 19.4. The van der Waals surface area contributed by atoms with Crippen molar-refractivity contribution in [3.63, 3.8) is 0 Å². The van der Waals surface area contributed by atoms with Crippen LogP contribution in [-0.4, -0.2) is 34.8 Å². The van der Waals surface area contributed by atoms with Gasteiger partial charge in [0.15, 0.2) is 0 Å². The minimum Gasteiger partial charge on any atom is -0.457 e. The Morgan fingerprint density at radius 1 is 1.14 bits per heavy atom. The summed E-state index contributed by atoms with van der Waals surface area (Å²) in [5.74, 6) is 0.227. The molecule has 0 radical (unpaired) electrons. The van der Waals surface area contributed by atoms with Crippen LogP contribution in [0.2, 0.25) is 0 Å². The molecule has 7 heteroatoms. The van der Waals surface area contributed by atoms with E-state index in [4.69, 9.17) is 4.74 Å². The van der Waals surface area contributed by atoms with Crippen molar-refractivity contribution in [2.24, 2.45) is 0 Å². The smallest absolute Gasteiger partial charge is 0.338 e. The number of hydrogen-bond donors (Lipinski definition) is 1. The maximum atomic E-state index is 13.1. The van der Waals surface area contributed by atoms with Crippen molar-refractivity contribution in [3.8, 4) is 0 Å². The van der Waals surface area contributed by atoms with Crippen LogP contribution in [0.25, 0.3) is 0 Å². The van der Waals surface area contributed by atoms with Crippen LogP contribution < -0.4 is 10.2 Å². The van der Waals surface area contributed by atoms with Crippen LogP contribution in [0, 0.1) is 0 Å². The summed E-state index contributed by atoms with van der Waals surface area (Å²) < 4.78 is 7.36. The maximum Gasteiger partial charge on any atom is 0.338 e. The van der Waals surface area contributed by atoms with E-state index in [-0.39, 0.29) is 12.6 Å². The van der Waals surface area contributed by atoms with Crippen LogP contribution in [0.3, 0.4) is 0 Å². The lowest BCUT2D eigenvalue weighted by Gasteiger charge is -2.28. The van der Waals surface area contributed by atoms with Gasteiger partial charge >= 0.3 is 5.97 Å². The van der Waals surface area contributed by atoms with E-state index in [1.807, 2.05) is 80.5 Å². The summed E-state index contributed by atoms with van der Waals surface area (Å²) >= 11 is 0. The Morgan fingerprint density at radius 2 is 1.86 bits per heavy atom. The summed E-state index contributed by atoms with van der Waals surface area (Å²) in [6.07, 6.45) is 1.48. The van der Waals surface area contributed by atoms with Gasteiger partial charge in [0.25, 0.3) is 0 Å². The van der Waals surface area contributed by atoms with Crippen molar-refractivity contribution in [1.29, 1.82) is 0 Å². The normalized spacial score (nSPS) is 15.5. The number of aromatic nitrogens is 3. The highest BCUT2D eigenvalue weighted by Crippen LogP contribution is 2.35. The number of fused-ring (bicyclic) bond motifs is 1. The predicted molar refractivity (Wildman–Crippen MR) is 111 cm³/mol. The summed E-state index contributed by atoms with van der Waals surface area (Å²) in [5, 5.41) is 7.51. The van der Waals surface area contributed by atoms with E-state index in [0.29, 0.717) is 17.2 Å². The molecule has 148 valence electrons. The van der Waals surface area contributed by atoms with E-state index >= 15 is 0 Å². The third kappa shape index (κ3) is 3.71. The van der Waals surface area contributed by atoms with Gasteiger partial charge in [0, 0.05) is 25.5 Å². The molecule has 1 aliphatic heterocycles. The molecule has 7 nitrogen and oxygen atoms in total. The monoisotopic (exact) mass is 389 g/mol. The van der Waals surface area contributed by atoms with Gasteiger partial charge in [0.1, 0.15) is 19.0 Å². The van der Waals surface area contributed by atoms with Gasteiger partial charge in [-0.1, -0.05) is 42.5 Å². The summed E-state index contributed by atoms with van der Waals surface area (Å²) in [6.45, 7) is 2.07. The van der Waals surface area contributed by atoms with Gasteiger partial charge in [0.2, 0.25) is 5.95 Å². The van der Waals surface area contributed by atoms with E-state index in [1.54, 1.807) is 4.68 Å². The Hall–Kier alpha value is -3.61. The number of hydrogen-bond acceptors (Lipinski definition) is 6. The molecule has 3 aromatic rings. The number of anilines is 2. The van der Waals surface area contributed by atoms with Crippen LogP contribution in [0.4, 0.5) is 11.6 Å². The van der Waals surface area contributed by atoms with Crippen molar-refractivity contribution in [3.05, 3.63) is 83.3 Å². The second-order valence-electron chi connectivity index (χ2n) is 7.14. The lowest BCUT2D eigenvalue weighted by atomic mass is 9.95. The van der Waals surface area contributed by atoms with E-state index in [1.165, 1.54) is 6.33 Å². The molecule has 29 heavy (non-hydrogen) atoms. The van der Waals surface area contributed by atoms with Gasteiger partial charge < -0.3 is 15.0 Å². The Kier molecular flexibility index (Phi) is 5.03. The summed E-state index contributed by atoms with van der Waals surface area (Å²) in [5.41, 5.74) is 4.20. The molecule has 0 aliphatic carbocycles. The Labute approximate surface area is 169 Å². The second-order valence-corrected chi connectivity index (χ2v) is 7.14. The molecule has 1 aliphatic rings. The lowest BCUT2D eigenvalue weighted by molar-refractivity contribution is -0.140. The third-order valence-electron chi connectivity index (χ3n) is 4.95. The molecule has 1 unspecified atom stereocenters. The first-order valence-corrected chi connectivity index (χ1v) is 9.40. The number of esters is 1. The van der Waals surface area contributed by atoms with Crippen molar-refractivity contribution in [2.45, 2.75) is 19.6 Å². The summed E-state index contributed by atoms with van der Waals surface area (Å²) in [7, 11) is 3.98. The standard InChI is InChI=1S/C22H23N5O2/c1-15-19(21(28)29-13-16-7-5-4-6-8-16)20(27-22(25-15)23-14-24-27)17-9-11-18(12-10-17)26(2)3/h4-12,14,20H,13H2,1-3H3,(H,23,24,25). The zero-order valence-electron chi connectivity index (χ0n) is 16.7. The second kappa shape index (κ2) is 7.79. The van der Waals surface area contributed by atoms with Gasteiger partial charge in [-0.2, -0.15) is 10.1 Å². The molecule has 0 spiro atoms. The highest BCUT2D eigenvalue weighted by molar-refractivity contribution is 5.92. The molecule has 4 rings (SSSR count). The predicted octanol–water partition coefficient (Wildman–Crippen LogP) is 3.38. The fraction of sp³-hybridized carbons (Fsp3) is 0.227. The minimum atomic E-state index is -0.409. The molecule has 0 fully saturated rings. The van der Waals surface area contributed by atoms with Crippen molar-refractivity contribution >= 4 is 17.6 Å². The highest BCUT2D eigenvalue weighted by atomic mass is 16.5. The van der Waals surface area contributed by atoms with Crippen molar-refractivity contribution < 1.29 is 9.53 Å². The van der Waals surface area contributed by atoms with Crippen LogP contribution in [0.5, 0.6) is 0 Å². The molecular formula is C22H23N5O2. The number of ether oxygens (including phenoxy) is 1. The molecular weight excluding hydrogens is 366 g/mol. The average molecular weight is 389 g/mol. The van der Waals surface area contributed by atoms with Gasteiger partial charge in [0.05, 0.1) is 5.57 Å². The first kappa shape index (κ1) is 18.7. The zero-order chi connectivity index (χ0) is 20.4. The topological polar surface area (TPSA) is 72.3 Å². The quantitative estimate of drug-likeness (QED) is 0.675. The minimum absolute atomic E-state index is 0.215. The molecule has 1 N–H and O–H groups in total. The lowest BCUT2D eigenvalue weighted by Crippen LogP contribution is -2.29. The summed E-state index contributed by atoms with van der Waals surface area (Å²) in [6, 6.07) is 17.3. The number of rotatable bonds is 5. The number of benzene rings is 2. The van der Waals surface area contributed by atoms with Gasteiger partial charge in [-0.25, -0.2) is 9.48 Å². The molecule has 2 heterocycles. The molecule has 0 amide bonds. The molecule has 2 aromatic carbocycles. The van der Waals surface area contributed by atoms with Crippen molar-refractivity contribution in [1.82, 2.24) is 14.8 Å². The fourth-order valence-electron chi connectivity index (χ4n) is 3.42. The molecule has 1 aromatic heterocycles. The highest BCUT2D eigenvalue weighted by Gasteiger charge is 2.34. The van der Waals surface area contributed by atoms with Gasteiger partial charge in [-0.05, 0) is 30.2 Å². The van der Waals surface area contributed by atoms with Gasteiger partial charge in [-0.3, -0.25) is 0 Å². The maximum absolute atomic E-state index is 13.1. The van der Waals surface area contributed by atoms with Gasteiger partial charge in [-0.15, -0.1) is 0 Å². The number of nitrogens with one attached hydrogen (secondary N) is 1. The van der Waals surface area contributed by atoms with Crippen LogP contribution >= 0.6 is 0 Å². The van der Waals surface area contributed by atoms with Crippen molar-refractivity contribution in [2.75, 3.05) is 24.3 Å². The number of allylic oxidation sites excluding steroid dienone is 1. The molecule has 1 atom stereocenters. The van der Waals surface area contributed by atoms with E-state index < -0.39 is 6.04 Å². The largest absolute Gasteiger partial charge is 0.457 e. The fourth-order valence-corrected chi connectivity index (χ4v) is 3.42. The number of nitrogens with zero attached hydrogens (tertiary/aromatic N) is 4. The van der Waals surface area contributed by atoms with E-state index in [0.717, 1.165) is 16.8 Å². The zero-order valence-corrected chi connectivity index (χ0v) is 16.7. The molecule has 0 saturated heterocycles. The Balaban J connectivity index is 1.67. The average Bonchev–Trinajstić information content (AvgIpc) is 3.20. The van der Waals surface area contributed by atoms with E-state index in [9.17, 15) is 4.79 Å². The van der Waals surface area contributed by atoms with Crippen LogP contribution in [-0.2, 0) is 16.1 Å². The van der Waals surface area contributed by atoms with Crippen LogP contribution in [0.15, 0.2) is 72.2 Å². The van der Waals surface area contributed by atoms with Crippen LogP contribution in [0.1, 0.15) is 24.1 Å². The molecule has 0 bridgehead atoms. The molecule has 0 saturated carbocycles. The number of carbonyl (C=O) groups is 1. The SMILES string of the molecule is CC1=C(C(=O)OCc2ccccc2)C(c2ccc(N(C)C)cc2)n2ncnc2N1. The first-order valence-electron chi connectivity index (χ1n) is 9.40. The third-order valence-corrected chi connectivity index (χ3v) is 4.95. The first-order chi connectivity index (χ1) is 14.0. The van der Waals surface area contributed by atoms with E-state index in [2.05, 4.69) is 15.4 Å².